The SMILES string of the molecule is CCNC(=O)NS(=O)(=O)c1sc(CC(C)C)cc1-c1ccc(CN(C(=O)c2ccccc2)[C@H](C(=O)OC)c2ccccc2)cc1. The minimum absolute atomic E-state index is 0.0490. The summed E-state index contributed by atoms with van der Waals surface area (Å²) in [6, 6.07) is 24.9. The van der Waals surface area contributed by atoms with Crippen LogP contribution in [0.5, 0.6) is 0 Å². The predicted molar refractivity (Wildman–Crippen MR) is 175 cm³/mol. The van der Waals surface area contributed by atoms with Gasteiger partial charge < -0.3 is 15.0 Å². The number of nitrogens with one attached hydrogen (secondary N) is 2. The molecule has 0 saturated carbocycles. The van der Waals surface area contributed by atoms with Gasteiger partial charge in [-0.15, -0.1) is 11.3 Å². The van der Waals surface area contributed by atoms with E-state index < -0.39 is 28.1 Å². The standard InChI is InChI=1S/C34H37N3O6S2/c1-5-35-34(40)36-45(41,42)33-29(21-28(44-33)20-23(2)3)25-18-16-24(17-19-25)22-37(31(38)27-14-10-7-11-15-27)30(32(39)43-4)26-12-8-6-9-13-26/h6-19,21,23,30H,5,20,22H2,1-4H3,(H2,35,36,40)/t30-/m0/s1. The summed E-state index contributed by atoms with van der Waals surface area (Å²) >= 11 is 1.14. The Morgan fingerprint density at radius 3 is 2.11 bits per heavy atom. The van der Waals surface area contributed by atoms with Crippen LogP contribution in [0.2, 0.25) is 0 Å². The van der Waals surface area contributed by atoms with Crippen molar-refractivity contribution in [3.63, 3.8) is 0 Å². The minimum atomic E-state index is -4.15. The number of sulfonamides is 1. The molecule has 0 bridgehead atoms. The van der Waals surface area contributed by atoms with Gasteiger partial charge in [0.15, 0.2) is 6.04 Å². The summed E-state index contributed by atoms with van der Waals surface area (Å²) in [6.07, 6.45) is 0.678. The predicted octanol–water partition coefficient (Wildman–Crippen LogP) is 6.18. The molecular weight excluding hydrogens is 611 g/mol. The molecule has 1 atom stereocenters. The van der Waals surface area contributed by atoms with Crippen molar-refractivity contribution in [3.8, 4) is 11.1 Å². The van der Waals surface area contributed by atoms with Crippen molar-refractivity contribution < 1.29 is 27.5 Å². The van der Waals surface area contributed by atoms with E-state index in [4.69, 9.17) is 4.74 Å². The molecule has 2 N–H and O–H groups in total. The molecule has 3 aromatic carbocycles. The molecule has 9 nitrogen and oxygen atoms in total. The Balaban J connectivity index is 1.73. The maximum Gasteiger partial charge on any atom is 0.333 e. The number of nitrogens with zero attached hydrogens (tertiary/aromatic N) is 1. The lowest BCUT2D eigenvalue weighted by Gasteiger charge is -2.30. The fourth-order valence-electron chi connectivity index (χ4n) is 4.90. The van der Waals surface area contributed by atoms with E-state index in [0.29, 0.717) is 34.6 Å². The number of benzene rings is 3. The average Bonchev–Trinajstić information content (AvgIpc) is 3.45. The summed E-state index contributed by atoms with van der Waals surface area (Å²) in [5.41, 5.74) is 2.86. The van der Waals surface area contributed by atoms with Crippen LogP contribution in [0.4, 0.5) is 4.79 Å². The van der Waals surface area contributed by atoms with Crippen molar-refractivity contribution in [1.82, 2.24) is 14.9 Å². The highest BCUT2D eigenvalue weighted by molar-refractivity contribution is 7.92. The van der Waals surface area contributed by atoms with Crippen LogP contribution in [-0.2, 0) is 32.5 Å². The second-order valence-corrected chi connectivity index (χ2v) is 13.8. The first-order valence-electron chi connectivity index (χ1n) is 14.6. The van der Waals surface area contributed by atoms with E-state index in [1.54, 1.807) is 79.7 Å². The summed E-state index contributed by atoms with van der Waals surface area (Å²) in [5.74, 6) is -0.626. The Kier molecular flexibility index (Phi) is 11.1. The molecule has 4 aromatic rings. The monoisotopic (exact) mass is 647 g/mol. The quantitative estimate of drug-likeness (QED) is 0.177. The van der Waals surface area contributed by atoms with Crippen molar-refractivity contribution >= 4 is 39.3 Å². The summed E-state index contributed by atoms with van der Waals surface area (Å²) in [5, 5.41) is 2.46. The summed E-state index contributed by atoms with van der Waals surface area (Å²) in [7, 11) is -2.86. The van der Waals surface area contributed by atoms with Gasteiger partial charge in [-0.05, 0) is 54.2 Å². The number of methoxy groups -OCH3 is 1. The Morgan fingerprint density at radius 1 is 0.911 bits per heavy atom. The van der Waals surface area contributed by atoms with Gasteiger partial charge in [-0.3, -0.25) is 4.79 Å². The van der Waals surface area contributed by atoms with E-state index in [2.05, 4.69) is 23.9 Å². The third kappa shape index (κ3) is 8.37. The lowest BCUT2D eigenvalue weighted by atomic mass is 10.0. The number of amides is 3. The van der Waals surface area contributed by atoms with E-state index in [1.165, 1.54) is 12.0 Å². The first kappa shape index (κ1) is 33.4. The van der Waals surface area contributed by atoms with Gasteiger partial charge in [0.05, 0.1) is 7.11 Å². The second-order valence-electron chi connectivity index (χ2n) is 10.8. The number of hydrogen-bond acceptors (Lipinski definition) is 7. The third-order valence-electron chi connectivity index (χ3n) is 6.92. The fourth-order valence-corrected chi connectivity index (χ4v) is 7.77. The van der Waals surface area contributed by atoms with E-state index in [0.717, 1.165) is 21.8 Å². The molecule has 1 aromatic heterocycles. The largest absolute Gasteiger partial charge is 0.467 e. The van der Waals surface area contributed by atoms with E-state index in [9.17, 15) is 22.8 Å². The molecular formula is C34H37N3O6S2. The van der Waals surface area contributed by atoms with Crippen LogP contribution in [0.25, 0.3) is 11.1 Å². The highest BCUT2D eigenvalue weighted by Gasteiger charge is 2.33. The number of hydrogen-bond donors (Lipinski definition) is 2. The van der Waals surface area contributed by atoms with Gasteiger partial charge in [0.25, 0.3) is 15.9 Å². The number of thiophene rings is 1. The molecule has 45 heavy (non-hydrogen) atoms. The van der Waals surface area contributed by atoms with Crippen molar-refractivity contribution in [2.75, 3.05) is 13.7 Å². The first-order valence-corrected chi connectivity index (χ1v) is 16.9. The third-order valence-corrected chi connectivity index (χ3v) is 9.94. The van der Waals surface area contributed by atoms with Crippen LogP contribution in [0.15, 0.2) is 95.2 Å². The first-order chi connectivity index (χ1) is 21.5. The second kappa shape index (κ2) is 15.0. The fraction of sp³-hybridized carbons (Fsp3) is 0.265. The van der Waals surface area contributed by atoms with E-state index >= 15 is 0 Å². The number of carbonyl (C=O) groups excluding carboxylic acids is 3. The molecule has 0 aliphatic heterocycles. The van der Waals surface area contributed by atoms with Gasteiger partial charge in [0, 0.05) is 29.1 Å². The highest BCUT2D eigenvalue weighted by Crippen LogP contribution is 2.37. The Bertz CT molecular complexity index is 1720. The lowest BCUT2D eigenvalue weighted by molar-refractivity contribution is -0.146. The molecule has 0 fully saturated rings. The van der Waals surface area contributed by atoms with Gasteiger partial charge in [-0.25, -0.2) is 22.7 Å². The summed E-state index contributed by atoms with van der Waals surface area (Å²) < 4.78 is 33.9. The minimum Gasteiger partial charge on any atom is -0.467 e. The molecule has 0 saturated heterocycles. The van der Waals surface area contributed by atoms with Crippen molar-refractivity contribution in [1.29, 1.82) is 0 Å². The van der Waals surface area contributed by atoms with Crippen molar-refractivity contribution in [2.24, 2.45) is 5.92 Å². The molecule has 0 aliphatic carbocycles. The molecule has 236 valence electrons. The van der Waals surface area contributed by atoms with Crippen LogP contribution in [-0.4, -0.2) is 44.9 Å². The van der Waals surface area contributed by atoms with Crippen LogP contribution < -0.4 is 10.0 Å². The molecule has 0 unspecified atom stereocenters. The van der Waals surface area contributed by atoms with E-state index in [1.807, 2.05) is 18.2 Å². The maximum absolute atomic E-state index is 13.9. The Labute approximate surface area is 268 Å². The summed E-state index contributed by atoms with van der Waals surface area (Å²) in [6.45, 7) is 6.16. The molecule has 11 heteroatoms. The topological polar surface area (TPSA) is 122 Å². The zero-order valence-corrected chi connectivity index (χ0v) is 27.3. The molecule has 0 spiro atoms. The molecule has 3 amide bonds. The van der Waals surface area contributed by atoms with Gasteiger partial charge in [-0.2, -0.15) is 0 Å². The van der Waals surface area contributed by atoms with Crippen LogP contribution in [0, 0.1) is 5.92 Å². The zero-order chi connectivity index (χ0) is 32.6. The summed E-state index contributed by atoms with van der Waals surface area (Å²) in [4.78, 5) is 41.5. The van der Waals surface area contributed by atoms with Gasteiger partial charge in [-0.1, -0.05) is 86.6 Å². The van der Waals surface area contributed by atoms with Crippen LogP contribution in [0.3, 0.4) is 0 Å². The number of esters is 1. The number of urea groups is 1. The number of ether oxygens (including phenoxy) is 1. The number of carbonyl (C=O) groups is 3. The highest BCUT2D eigenvalue weighted by atomic mass is 32.2. The normalized spacial score (nSPS) is 11.9. The Hall–Kier alpha value is -4.48. The molecule has 4 rings (SSSR count). The molecule has 1 heterocycles. The van der Waals surface area contributed by atoms with Gasteiger partial charge in [0.1, 0.15) is 4.21 Å². The molecule has 0 radical (unpaired) electrons. The van der Waals surface area contributed by atoms with Crippen LogP contribution >= 0.6 is 11.3 Å². The Morgan fingerprint density at radius 2 is 1.53 bits per heavy atom. The van der Waals surface area contributed by atoms with Gasteiger partial charge in [0.2, 0.25) is 0 Å². The lowest BCUT2D eigenvalue weighted by Crippen LogP contribution is -2.39. The van der Waals surface area contributed by atoms with Crippen molar-refractivity contribution in [2.45, 2.75) is 44.0 Å². The number of rotatable bonds is 12. The maximum atomic E-state index is 13.9. The van der Waals surface area contributed by atoms with Gasteiger partial charge >= 0.3 is 12.0 Å². The average molecular weight is 648 g/mol. The smallest absolute Gasteiger partial charge is 0.333 e. The molecule has 0 aliphatic rings. The zero-order valence-electron chi connectivity index (χ0n) is 25.6. The van der Waals surface area contributed by atoms with Crippen molar-refractivity contribution in [3.05, 3.63) is 113 Å². The van der Waals surface area contributed by atoms with Crippen LogP contribution in [0.1, 0.15) is 53.2 Å². The van der Waals surface area contributed by atoms with E-state index in [-0.39, 0.29) is 23.2 Å².